The number of halogens is 2. The van der Waals surface area contributed by atoms with Gasteiger partial charge in [0.15, 0.2) is 11.8 Å². The standard InChI is InChI=1S/C31H34Cl2N10O2/c1-31(2,3)45-30(44)42-12-10-41(11-13-42)25(14-19-4-7-21(32)8-5-19)20-6-9-24(33)23(15-20)28-38-27(34)26-29(36-18-35-26)43(28)17-22-16-37-40-39-22/h4-9,15-16,18,25H,10-14,17H2,1-3H3,(H3,34,35,36,37,39,40)/p+1. The van der Waals surface area contributed by atoms with E-state index < -0.39 is 5.60 Å². The van der Waals surface area contributed by atoms with Crippen molar-refractivity contribution in [3.63, 3.8) is 0 Å². The third-order valence-corrected chi connectivity index (χ3v) is 8.34. The van der Waals surface area contributed by atoms with Crippen LogP contribution in [0.1, 0.15) is 43.6 Å². The van der Waals surface area contributed by atoms with E-state index in [0.717, 1.165) is 17.5 Å². The van der Waals surface area contributed by atoms with Crippen molar-refractivity contribution in [2.45, 2.75) is 45.4 Å². The second-order valence-electron chi connectivity index (χ2n) is 12.1. The van der Waals surface area contributed by atoms with Gasteiger partial charge in [-0.05, 0) is 62.6 Å². The molecule has 0 saturated carbocycles. The van der Waals surface area contributed by atoms with E-state index in [0.29, 0.717) is 76.8 Å². The zero-order valence-corrected chi connectivity index (χ0v) is 26.8. The lowest BCUT2D eigenvalue weighted by molar-refractivity contribution is -0.656. The van der Waals surface area contributed by atoms with E-state index >= 15 is 0 Å². The van der Waals surface area contributed by atoms with Crippen molar-refractivity contribution in [3.05, 3.63) is 81.9 Å². The summed E-state index contributed by atoms with van der Waals surface area (Å²) in [6.07, 6.45) is 3.67. The molecule has 1 fully saturated rings. The van der Waals surface area contributed by atoms with E-state index in [2.05, 4.69) is 36.3 Å². The van der Waals surface area contributed by atoms with Crippen LogP contribution in [0.2, 0.25) is 10.0 Å². The largest absolute Gasteiger partial charge is 0.444 e. The first-order valence-electron chi connectivity index (χ1n) is 14.7. The molecule has 1 unspecified atom stereocenters. The Morgan fingerprint density at radius 3 is 2.56 bits per heavy atom. The Morgan fingerprint density at radius 2 is 1.87 bits per heavy atom. The second kappa shape index (κ2) is 12.6. The molecular weight excluding hydrogens is 615 g/mol. The van der Waals surface area contributed by atoms with Gasteiger partial charge in [0, 0.05) is 37.2 Å². The average Bonchev–Trinajstić information content (AvgIpc) is 3.71. The quantitative estimate of drug-likeness (QED) is 0.213. The van der Waals surface area contributed by atoms with Crippen LogP contribution in [0.5, 0.6) is 0 Å². The summed E-state index contributed by atoms with van der Waals surface area (Å²) in [6.45, 7) is 8.44. The zero-order chi connectivity index (χ0) is 31.7. The first kappa shape index (κ1) is 30.8. The van der Waals surface area contributed by atoms with Crippen LogP contribution in [0.3, 0.4) is 0 Å². The number of rotatable bonds is 7. The van der Waals surface area contributed by atoms with Crippen LogP contribution in [0.25, 0.3) is 22.6 Å². The molecule has 2 aromatic carbocycles. The van der Waals surface area contributed by atoms with Crippen molar-refractivity contribution in [2.24, 2.45) is 0 Å². The van der Waals surface area contributed by atoms with Crippen LogP contribution >= 0.6 is 23.2 Å². The highest BCUT2D eigenvalue weighted by Gasteiger charge is 2.31. The molecule has 1 saturated heterocycles. The van der Waals surface area contributed by atoms with Gasteiger partial charge in [0.25, 0.3) is 11.5 Å². The van der Waals surface area contributed by atoms with E-state index in [-0.39, 0.29) is 12.1 Å². The van der Waals surface area contributed by atoms with E-state index in [1.54, 1.807) is 17.4 Å². The van der Waals surface area contributed by atoms with Crippen molar-refractivity contribution in [1.82, 2.24) is 40.2 Å². The van der Waals surface area contributed by atoms with Gasteiger partial charge in [-0.1, -0.05) is 51.4 Å². The lowest BCUT2D eigenvalue weighted by Gasteiger charge is -2.40. The number of hydrogen-bond donors (Lipinski definition) is 3. The summed E-state index contributed by atoms with van der Waals surface area (Å²) in [7, 11) is 0. The van der Waals surface area contributed by atoms with Crippen LogP contribution in [0.15, 0.2) is 55.0 Å². The lowest BCUT2D eigenvalue weighted by atomic mass is 9.95. The Labute approximate surface area is 270 Å². The normalized spacial score (nSPS) is 15.0. The van der Waals surface area contributed by atoms with Crippen molar-refractivity contribution in [3.8, 4) is 11.4 Å². The lowest BCUT2D eigenvalue weighted by Crippen LogP contribution is -2.51. The molecule has 6 rings (SSSR count). The molecule has 0 radical (unpaired) electrons. The number of amides is 1. The fraction of sp³-hybridized carbons (Fsp3) is 0.355. The number of aromatic nitrogens is 7. The summed E-state index contributed by atoms with van der Waals surface area (Å²) >= 11 is 13.1. The van der Waals surface area contributed by atoms with E-state index in [1.165, 1.54) is 0 Å². The SMILES string of the molecule is CC(C)(C)OC(=O)N1CCN(C(Cc2ccc(Cl)cc2)c2ccc(Cl)c(-c3nc(N)c4[nH]cnc4[n+]3Cc3cn[nH]n3)c2)CC1. The van der Waals surface area contributed by atoms with Crippen LogP contribution < -0.4 is 10.3 Å². The fourth-order valence-corrected chi connectivity index (χ4v) is 5.92. The molecule has 45 heavy (non-hydrogen) atoms. The number of nitrogens with two attached hydrogens (primary N) is 1. The van der Waals surface area contributed by atoms with Crippen molar-refractivity contribution in [2.75, 3.05) is 31.9 Å². The Balaban J connectivity index is 1.37. The molecule has 0 spiro atoms. The van der Waals surface area contributed by atoms with E-state index in [9.17, 15) is 4.79 Å². The highest BCUT2D eigenvalue weighted by atomic mass is 35.5. The summed E-state index contributed by atoms with van der Waals surface area (Å²) in [5, 5.41) is 12.1. The van der Waals surface area contributed by atoms with Crippen molar-refractivity contribution in [1.29, 1.82) is 0 Å². The molecule has 3 aromatic heterocycles. The van der Waals surface area contributed by atoms with Gasteiger partial charge in [-0.25, -0.2) is 9.36 Å². The molecule has 5 aromatic rings. The molecule has 1 amide bonds. The zero-order valence-electron chi connectivity index (χ0n) is 25.3. The average molecular weight is 651 g/mol. The van der Waals surface area contributed by atoms with Crippen molar-refractivity contribution >= 4 is 46.3 Å². The van der Waals surface area contributed by atoms with E-state index in [4.69, 9.17) is 38.7 Å². The van der Waals surface area contributed by atoms with Gasteiger partial charge in [0.05, 0.1) is 16.8 Å². The molecule has 234 valence electrons. The Morgan fingerprint density at radius 1 is 1.11 bits per heavy atom. The summed E-state index contributed by atoms with van der Waals surface area (Å²) in [5.41, 5.74) is 10.7. The predicted octanol–water partition coefficient (Wildman–Crippen LogP) is 4.80. The molecule has 1 aliphatic rings. The number of nitrogen functional groups attached to an aromatic ring is 1. The maximum Gasteiger partial charge on any atom is 0.410 e. The number of H-pyrrole nitrogens is 2. The summed E-state index contributed by atoms with van der Waals surface area (Å²) in [5.74, 6) is 0.869. The molecular formula is C31H35Cl2N10O2+. The predicted molar refractivity (Wildman–Crippen MR) is 172 cm³/mol. The highest BCUT2D eigenvalue weighted by molar-refractivity contribution is 6.33. The smallest absolute Gasteiger partial charge is 0.410 e. The number of fused-ring (bicyclic) bond motifs is 1. The minimum absolute atomic E-state index is 0.0292. The topological polar surface area (TPSA) is 146 Å². The number of imidazole rings is 1. The molecule has 14 heteroatoms. The second-order valence-corrected chi connectivity index (χ2v) is 12.9. The molecule has 0 bridgehead atoms. The number of ether oxygens (including phenoxy) is 1. The molecule has 1 aliphatic heterocycles. The van der Waals surface area contributed by atoms with Gasteiger partial charge in [0.1, 0.15) is 17.8 Å². The Hall–Kier alpha value is -4.26. The third-order valence-electron chi connectivity index (χ3n) is 7.76. The fourth-order valence-electron chi connectivity index (χ4n) is 5.60. The van der Waals surface area contributed by atoms with Crippen LogP contribution in [-0.4, -0.2) is 78.0 Å². The number of aromatic amines is 2. The maximum atomic E-state index is 12.8. The van der Waals surface area contributed by atoms with Gasteiger partial charge in [-0.2, -0.15) is 15.4 Å². The van der Waals surface area contributed by atoms with Crippen LogP contribution in [0, 0.1) is 0 Å². The molecule has 12 nitrogen and oxygen atoms in total. The third kappa shape index (κ3) is 6.87. The summed E-state index contributed by atoms with van der Waals surface area (Å²) in [6, 6.07) is 13.9. The molecule has 1 atom stereocenters. The number of carbonyl (C=O) groups excluding carboxylic acids is 1. The number of anilines is 1. The number of nitrogens with one attached hydrogen (secondary N) is 2. The van der Waals surface area contributed by atoms with Crippen molar-refractivity contribution < 1.29 is 14.1 Å². The number of benzene rings is 2. The van der Waals surface area contributed by atoms with Gasteiger partial charge in [0.2, 0.25) is 5.82 Å². The van der Waals surface area contributed by atoms with Crippen LogP contribution in [-0.2, 0) is 17.7 Å². The van der Waals surface area contributed by atoms with Gasteiger partial charge in [-0.3, -0.25) is 4.90 Å². The first-order valence-corrected chi connectivity index (χ1v) is 15.4. The summed E-state index contributed by atoms with van der Waals surface area (Å²) < 4.78 is 7.56. The number of hydrogen-bond acceptors (Lipinski definition) is 8. The monoisotopic (exact) mass is 649 g/mol. The Bertz CT molecular complexity index is 1790. The first-order chi connectivity index (χ1) is 21.6. The van der Waals surface area contributed by atoms with E-state index in [1.807, 2.05) is 61.7 Å². The number of piperazine rings is 1. The minimum atomic E-state index is -0.550. The number of carbonyl (C=O) groups is 1. The highest BCUT2D eigenvalue weighted by Crippen LogP contribution is 2.34. The van der Waals surface area contributed by atoms with Crippen LogP contribution in [0.4, 0.5) is 10.6 Å². The number of nitrogens with zero attached hydrogens (tertiary/aromatic N) is 7. The maximum absolute atomic E-state index is 12.8. The summed E-state index contributed by atoms with van der Waals surface area (Å²) in [4.78, 5) is 29.4. The Kier molecular flexibility index (Phi) is 8.63. The molecule has 0 aliphatic carbocycles. The van der Waals surface area contributed by atoms with Gasteiger partial charge < -0.3 is 20.4 Å². The molecule has 4 N–H and O–H groups in total. The van der Waals surface area contributed by atoms with Gasteiger partial charge >= 0.3 is 6.09 Å². The molecule has 4 heterocycles. The van der Waals surface area contributed by atoms with Gasteiger partial charge in [-0.15, -0.1) is 0 Å². The minimum Gasteiger partial charge on any atom is -0.444 e.